The fourth-order valence-corrected chi connectivity index (χ4v) is 1.89. The zero-order valence-electron chi connectivity index (χ0n) is 13.3. The first-order valence-corrected chi connectivity index (χ1v) is 7.04. The molecule has 0 aliphatic heterocycles. The standard InChI is InChI=1S/C17H21NO4/c1-17(2,3)16(20)18-13-9-11(5-7-15(13)21-4)14-8-6-12(10-19)22-14/h5-9,19H,10H2,1-4H3,(H,18,20). The molecule has 2 aromatic rings. The molecule has 0 fully saturated rings. The summed E-state index contributed by atoms with van der Waals surface area (Å²) in [6, 6.07) is 8.90. The lowest BCUT2D eigenvalue weighted by atomic mass is 9.95. The van der Waals surface area contributed by atoms with Gasteiger partial charge in [0.15, 0.2) is 0 Å². The van der Waals surface area contributed by atoms with E-state index in [4.69, 9.17) is 14.3 Å². The molecule has 0 aliphatic rings. The average Bonchev–Trinajstić information content (AvgIpc) is 2.95. The molecule has 0 atom stereocenters. The van der Waals surface area contributed by atoms with Crippen LogP contribution >= 0.6 is 0 Å². The van der Waals surface area contributed by atoms with Gasteiger partial charge < -0.3 is 19.6 Å². The maximum absolute atomic E-state index is 12.2. The highest BCUT2D eigenvalue weighted by molar-refractivity contribution is 5.96. The van der Waals surface area contributed by atoms with Gasteiger partial charge in [-0.05, 0) is 30.3 Å². The SMILES string of the molecule is COc1ccc(-c2ccc(CO)o2)cc1NC(=O)C(C)(C)C. The second-order valence-electron chi connectivity index (χ2n) is 6.04. The number of amides is 1. The van der Waals surface area contributed by atoms with Gasteiger partial charge in [-0.3, -0.25) is 4.79 Å². The highest BCUT2D eigenvalue weighted by Gasteiger charge is 2.22. The Morgan fingerprint density at radius 1 is 1.27 bits per heavy atom. The van der Waals surface area contributed by atoms with E-state index in [0.717, 1.165) is 5.56 Å². The minimum atomic E-state index is -0.504. The summed E-state index contributed by atoms with van der Waals surface area (Å²) < 4.78 is 10.8. The predicted molar refractivity (Wildman–Crippen MR) is 84.7 cm³/mol. The zero-order chi connectivity index (χ0) is 16.3. The summed E-state index contributed by atoms with van der Waals surface area (Å²) in [5.41, 5.74) is 0.877. The molecule has 22 heavy (non-hydrogen) atoms. The molecule has 1 heterocycles. The molecule has 0 bridgehead atoms. The third-order valence-electron chi connectivity index (χ3n) is 3.23. The van der Waals surface area contributed by atoms with E-state index in [0.29, 0.717) is 23.0 Å². The van der Waals surface area contributed by atoms with Crippen molar-refractivity contribution < 1.29 is 19.1 Å². The van der Waals surface area contributed by atoms with Crippen molar-refractivity contribution in [2.24, 2.45) is 5.41 Å². The molecule has 0 aliphatic carbocycles. The average molecular weight is 303 g/mol. The van der Waals surface area contributed by atoms with Crippen LogP contribution < -0.4 is 10.1 Å². The molecule has 5 heteroatoms. The lowest BCUT2D eigenvalue weighted by Crippen LogP contribution is -2.27. The summed E-state index contributed by atoms with van der Waals surface area (Å²) in [5, 5.41) is 11.9. The van der Waals surface area contributed by atoms with Crippen molar-refractivity contribution in [3.05, 3.63) is 36.1 Å². The largest absolute Gasteiger partial charge is 0.495 e. The molecule has 118 valence electrons. The molecule has 0 spiro atoms. The molecule has 1 aromatic carbocycles. The van der Waals surface area contributed by atoms with Gasteiger partial charge in [-0.2, -0.15) is 0 Å². The lowest BCUT2D eigenvalue weighted by molar-refractivity contribution is -0.123. The number of nitrogens with one attached hydrogen (secondary N) is 1. The van der Waals surface area contributed by atoms with Crippen LogP contribution in [0.25, 0.3) is 11.3 Å². The van der Waals surface area contributed by atoms with Crippen LogP contribution in [0.3, 0.4) is 0 Å². The molecular formula is C17H21NO4. The van der Waals surface area contributed by atoms with Gasteiger partial charge in [-0.1, -0.05) is 20.8 Å². The van der Waals surface area contributed by atoms with Gasteiger partial charge in [0.05, 0.1) is 12.8 Å². The number of rotatable bonds is 4. The Balaban J connectivity index is 2.35. The normalized spacial score (nSPS) is 11.3. The van der Waals surface area contributed by atoms with E-state index in [2.05, 4.69) is 5.32 Å². The first kappa shape index (κ1) is 16.1. The second kappa shape index (κ2) is 6.23. The molecule has 0 unspecified atom stereocenters. The van der Waals surface area contributed by atoms with Crippen LogP contribution in [0.2, 0.25) is 0 Å². The van der Waals surface area contributed by atoms with Crippen LogP contribution in [0.15, 0.2) is 34.7 Å². The number of benzene rings is 1. The van der Waals surface area contributed by atoms with Crippen molar-refractivity contribution in [2.45, 2.75) is 27.4 Å². The highest BCUT2D eigenvalue weighted by Crippen LogP contribution is 2.32. The molecular weight excluding hydrogens is 282 g/mol. The Labute approximate surface area is 129 Å². The van der Waals surface area contributed by atoms with Gasteiger partial charge in [0.1, 0.15) is 23.9 Å². The van der Waals surface area contributed by atoms with Crippen molar-refractivity contribution >= 4 is 11.6 Å². The minimum Gasteiger partial charge on any atom is -0.495 e. The van der Waals surface area contributed by atoms with Crippen molar-refractivity contribution in [1.82, 2.24) is 0 Å². The van der Waals surface area contributed by atoms with Crippen LogP contribution in [-0.4, -0.2) is 18.1 Å². The Morgan fingerprint density at radius 3 is 2.55 bits per heavy atom. The summed E-state index contributed by atoms with van der Waals surface area (Å²) in [6.07, 6.45) is 0. The third kappa shape index (κ3) is 3.49. The van der Waals surface area contributed by atoms with E-state index in [1.165, 1.54) is 0 Å². The topological polar surface area (TPSA) is 71.7 Å². The van der Waals surface area contributed by atoms with Gasteiger partial charge in [0, 0.05) is 11.0 Å². The van der Waals surface area contributed by atoms with Crippen molar-refractivity contribution in [1.29, 1.82) is 0 Å². The number of furan rings is 1. The number of aliphatic hydroxyl groups is 1. The van der Waals surface area contributed by atoms with Gasteiger partial charge in [0.2, 0.25) is 5.91 Å². The van der Waals surface area contributed by atoms with Crippen LogP contribution in [-0.2, 0) is 11.4 Å². The molecule has 5 nitrogen and oxygen atoms in total. The maximum atomic E-state index is 12.2. The van der Waals surface area contributed by atoms with Crippen LogP contribution in [0, 0.1) is 5.41 Å². The first-order chi connectivity index (χ1) is 10.3. The molecule has 0 radical (unpaired) electrons. The van der Waals surface area contributed by atoms with Crippen LogP contribution in [0.4, 0.5) is 5.69 Å². The minimum absolute atomic E-state index is 0.0987. The number of carbonyl (C=O) groups is 1. The number of carbonyl (C=O) groups excluding carboxylic acids is 1. The summed E-state index contributed by atoms with van der Waals surface area (Å²) in [7, 11) is 1.55. The quantitative estimate of drug-likeness (QED) is 0.907. The van der Waals surface area contributed by atoms with E-state index >= 15 is 0 Å². The number of hydrogen-bond donors (Lipinski definition) is 2. The van der Waals surface area contributed by atoms with Crippen molar-refractivity contribution in [3.63, 3.8) is 0 Å². The summed E-state index contributed by atoms with van der Waals surface area (Å²) in [5.74, 6) is 1.60. The molecule has 2 N–H and O–H groups in total. The summed E-state index contributed by atoms with van der Waals surface area (Å²) in [6.45, 7) is 5.39. The fourth-order valence-electron chi connectivity index (χ4n) is 1.89. The molecule has 1 aromatic heterocycles. The molecule has 1 amide bonds. The highest BCUT2D eigenvalue weighted by atomic mass is 16.5. The van der Waals surface area contributed by atoms with Crippen LogP contribution in [0.1, 0.15) is 26.5 Å². The van der Waals surface area contributed by atoms with E-state index in [1.807, 2.05) is 26.8 Å². The van der Waals surface area contributed by atoms with Gasteiger partial charge in [-0.25, -0.2) is 0 Å². The molecule has 0 saturated heterocycles. The first-order valence-electron chi connectivity index (χ1n) is 7.04. The maximum Gasteiger partial charge on any atom is 0.229 e. The van der Waals surface area contributed by atoms with E-state index in [1.54, 1.807) is 31.4 Å². The Bertz CT molecular complexity index is 668. The van der Waals surface area contributed by atoms with Gasteiger partial charge >= 0.3 is 0 Å². The smallest absolute Gasteiger partial charge is 0.229 e. The lowest BCUT2D eigenvalue weighted by Gasteiger charge is -2.19. The Kier molecular flexibility index (Phi) is 4.56. The van der Waals surface area contributed by atoms with Crippen molar-refractivity contribution in [2.75, 3.05) is 12.4 Å². The van der Waals surface area contributed by atoms with E-state index in [9.17, 15) is 4.79 Å². The van der Waals surface area contributed by atoms with E-state index < -0.39 is 5.41 Å². The summed E-state index contributed by atoms with van der Waals surface area (Å²) >= 11 is 0. The van der Waals surface area contributed by atoms with Gasteiger partial charge in [-0.15, -0.1) is 0 Å². The second-order valence-corrected chi connectivity index (χ2v) is 6.04. The zero-order valence-corrected chi connectivity index (χ0v) is 13.3. The number of aliphatic hydroxyl groups excluding tert-OH is 1. The fraction of sp³-hybridized carbons (Fsp3) is 0.353. The van der Waals surface area contributed by atoms with Crippen LogP contribution in [0.5, 0.6) is 5.75 Å². The third-order valence-corrected chi connectivity index (χ3v) is 3.23. The molecule has 0 saturated carbocycles. The Hall–Kier alpha value is -2.27. The number of anilines is 1. The summed E-state index contributed by atoms with van der Waals surface area (Å²) in [4.78, 5) is 12.2. The predicted octanol–water partition coefficient (Wildman–Crippen LogP) is 3.43. The van der Waals surface area contributed by atoms with Gasteiger partial charge in [0.25, 0.3) is 0 Å². The van der Waals surface area contributed by atoms with Crippen molar-refractivity contribution in [3.8, 4) is 17.1 Å². The number of methoxy groups -OCH3 is 1. The monoisotopic (exact) mass is 303 g/mol. The number of ether oxygens (including phenoxy) is 1. The molecule has 2 rings (SSSR count). The van der Waals surface area contributed by atoms with E-state index in [-0.39, 0.29) is 12.5 Å². The number of hydrogen-bond acceptors (Lipinski definition) is 4. The Morgan fingerprint density at radius 2 is 2.00 bits per heavy atom.